The molecule has 0 saturated carbocycles. The molecule has 0 unspecified atom stereocenters. The summed E-state index contributed by atoms with van der Waals surface area (Å²) in [7, 11) is 2.04. The van der Waals surface area contributed by atoms with Gasteiger partial charge in [0.2, 0.25) is 0 Å². The fraction of sp³-hybridized carbons (Fsp3) is 0.818. The van der Waals surface area contributed by atoms with Gasteiger partial charge in [-0.05, 0) is 7.05 Å². The van der Waals surface area contributed by atoms with Crippen LogP contribution in [-0.2, 0) is 4.79 Å². The van der Waals surface area contributed by atoms with E-state index in [4.69, 9.17) is 0 Å². The fourth-order valence-electron chi connectivity index (χ4n) is 1.84. The summed E-state index contributed by atoms with van der Waals surface area (Å²) in [6.07, 6.45) is 0. The number of carbonyl (C=O) groups is 1. The van der Waals surface area contributed by atoms with Crippen LogP contribution < -0.4 is 5.32 Å². The number of nitrogens with zero attached hydrogens (tertiary/aromatic N) is 3. The molecule has 1 aliphatic rings. The molecule has 1 heterocycles. The first-order valence-corrected chi connectivity index (χ1v) is 7.38. The highest BCUT2D eigenvalue weighted by Gasteiger charge is 2.14. The molecule has 0 bridgehead atoms. The Labute approximate surface area is 117 Å². The third kappa shape index (κ3) is 5.89. The van der Waals surface area contributed by atoms with Gasteiger partial charge in [0.1, 0.15) is 0 Å². The maximum atomic E-state index is 11.4. The third-order valence-corrected chi connectivity index (χ3v) is 3.07. The van der Waals surface area contributed by atoms with Crippen molar-refractivity contribution in [3.8, 4) is 0 Å². The third-order valence-electron chi connectivity index (χ3n) is 2.73. The van der Waals surface area contributed by atoms with Gasteiger partial charge in [-0.2, -0.15) is 0 Å². The Kier molecular flexibility index (Phi) is 7.17. The van der Waals surface area contributed by atoms with Crippen molar-refractivity contribution in [1.29, 1.82) is 0 Å². The highest BCUT2D eigenvalue weighted by atomic mass is 127. The molecule has 1 fully saturated rings. The number of rotatable bonds is 6. The summed E-state index contributed by atoms with van der Waals surface area (Å²) >= 11 is 2.16. The molecule has 6 heteroatoms. The Bertz CT molecular complexity index is 277. The first-order valence-electron chi connectivity index (χ1n) is 5.85. The summed E-state index contributed by atoms with van der Waals surface area (Å²) in [5.74, 6) is 0.0776. The van der Waals surface area contributed by atoms with Crippen LogP contribution in [0.3, 0.4) is 0 Å². The average Bonchev–Trinajstić information content (AvgIpc) is 2.29. The zero-order valence-electron chi connectivity index (χ0n) is 10.6. The highest BCUT2D eigenvalue weighted by molar-refractivity contribution is 14.1. The number of nitrogens with one attached hydrogen (secondary N) is 1. The van der Waals surface area contributed by atoms with Gasteiger partial charge in [0.05, 0.1) is 16.9 Å². The van der Waals surface area contributed by atoms with Crippen LogP contribution in [0.2, 0.25) is 0 Å². The van der Waals surface area contributed by atoms with E-state index < -0.39 is 0 Å². The smallest absolute Gasteiger partial charge is 0.174 e. The van der Waals surface area contributed by atoms with Crippen molar-refractivity contribution < 1.29 is 4.79 Å². The van der Waals surface area contributed by atoms with Crippen molar-refractivity contribution in [2.24, 2.45) is 4.99 Å². The lowest BCUT2D eigenvalue weighted by molar-refractivity contribution is -0.111. The van der Waals surface area contributed by atoms with Crippen molar-refractivity contribution in [1.82, 2.24) is 15.1 Å². The molecule has 0 atom stereocenters. The number of halogens is 1. The lowest BCUT2D eigenvalue weighted by Crippen LogP contribution is -2.48. The predicted octanol–water partition coefficient (Wildman–Crippen LogP) is 0.203. The van der Waals surface area contributed by atoms with Gasteiger partial charge in [0, 0.05) is 39.6 Å². The van der Waals surface area contributed by atoms with E-state index in [1.807, 2.05) is 7.05 Å². The standard InChI is InChI=1S/C11H21IN4O/c1-10(17)11(14-8-12)7-15(2)9-16-5-3-13-4-6-16/h13H,3-9H2,1-2H3. The summed E-state index contributed by atoms with van der Waals surface area (Å²) in [5, 5.41) is 3.33. The first-order chi connectivity index (χ1) is 8.13. The number of ketones is 1. The summed E-state index contributed by atoms with van der Waals surface area (Å²) in [5.41, 5.74) is 0.678. The maximum Gasteiger partial charge on any atom is 0.174 e. The van der Waals surface area contributed by atoms with Gasteiger partial charge < -0.3 is 5.32 Å². The van der Waals surface area contributed by atoms with Crippen molar-refractivity contribution in [3.63, 3.8) is 0 Å². The van der Waals surface area contributed by atoms with E-state index in [0.717, 1.165) is 32.8 Å². The van der Waals surface area contributed by atoms with Crippen molar-refractivity contribution in [2.45, 2.75) is 6.92 Å². The molecule has 0 aliphatic carbocycles. The minimum Gasteiger partial charge on any atom is -0.314 e. The van der Waals surface area contributed by atoms with Gasteiger partial charge in [0.25, 0.3) is 0 Å². The Morgan fingerprint density at radius 1 is 1.47 bits per heavy atom. The quantitative estimate of drug-likeness (QED) is 0.321. The molecule has 1 rings (SSSR count). The highest BCUT2D eigenvalue weighted by Crippen LogP contribution is 1.97. The van der Waals surface area contributed by atoms with E-state index >= 15 is 0 Å². The molecule has 0 spiro atoms. The number of piperazine rings is 1. The predicted molar refractivity (Wildman–Crippen MR) is 78.9 cm³/mol. The van der Waals surface area contributed by atoms with Crippen LogP contribution >= 0.6 is 22.6 Å². The summed E-state index contributed by atoms with van der Waals surface area (Å²) in [4.78, 5) is 20.2. The number of carbonyl (C=O) groups excluding carboxylic acids is 1. The monoisotopic (exact) mass is 352 g/mol. The molecule has 0 radical (unpaired) electrons. The molecule has 98 valence electrons. The Balaban J connectivity index is 2.38. The number of hydrogen-bond donors (Lipinski definition) is 1. The van der Waals surface area contributed by atoms with Crippen LogP contribution in [0.25, 0.3) is 0 Å². The second kappa shape index (κ2) is 8.12. The van der Waals surface area contributed by atoms with Crippen LogP contribution in [0.4, 0.5) is 0 Å². The largest absolute Gasteiger partial charge is 0.314 e. The zero-order valence-corrected chi connectivity index (χ0v) is 12.7. The molecule has 5 nitrogen and oxygen atoms in total. The average molecular weight is 352 g/mol. The van der Waals surface area contributed by atoms with Crippen LogP contribution in [0, 0.1) is 0 Å². The molecule has 0 aromatic carbocycles. The number of aliphatic imine (C=N–C) groups is 1. The van der Waals surface area contributed by atoms with Gasteiger partial charge >= 0.3 is 0 Å². The molecule has 1 aliphatic heterocycles. The summed E-state index contributed by atoms with van der Waals surface area (Å²) < 4.78 is 0.647. The molecule has 0 aromatic rings. The number of hydrogen-bond acceptors (Lipinski definition) is 5. The van der Waals surface area contributed by atoms with Crippen molar-refractivity contribution in [3.05, 3.63) is 0 Å². The molecule has 0 amide bonds. The zero-order chi connectivity index (χ0) is 12.7. The molecule has 1 saturated heterocycles. The first kappa shape index (κ1) is 15.0. The summed E-state index contributed by atoms with van der Waals surface area (Å²) in [6.45, 7) is 7.37. The molecule has 1 N–H and O–H groups in total. The van der Waals surface area contributed by atoms with Gasteiger partial charge in [0.15, 0.2) is 5.78 Å². The number of alkyl halides is 1. The van der Waals surface area contributed by atoms with Gasteiger partial charge in [-0.25, -0.2) is 0 Å². The van der Waals surface area contributed by atoms with E-state index in [1.54, 1.807) is 6.92 Å². The minimum atomic E-state index is 0.0776. The lowest BCUT2D eigenvalue weighted by atomic mass is 10.2. The SMILES string of the molecule is CC(=O)C(CN(C)CN1CCNCC1)=NCI. The molecule has 17 heavy (non-hydrogen) atoms. The maximum absolute atomic E-state index is 11.4. The van der Waals surface area contributed by atoms with Gasteiger partial charge in [-0.15, -0.1) is 0 Å². The molecule has 0 aromatic heterocycles. The lowest BCUT2D eigenvalue weighted by Gasteiger charge is -2.31. The van der Waals surface area contributed by atoms with E-state index in [9.17, 15) is 4.79 Å². The second-order valence-corrected chi connectivity index (χ2v) is 4.99. The van der Waals surface area contributed by atoms with Crippen LogP contribution in [0.5, 0.6) is 0 Å². The summed E-state index contributed by atoms with van der Waals surface area (Å²) in [6, 6.07) is 0. The van der Waals surface area contributed by atoms with Crippen LogP contribution in [-0.4, -0.2) is 72.3 Å². The van der Waals surface area contributed by atoms with Gasteiger partial charge in [-0.3, -0.25) is 19.6 Å². The van der Waals surface area contributed by atoms with Crippen LogP contribution in [0.1, 0.15) is 6.92 Å². The molecular weight excluding hydrogens is 331 g/mol. The molecular formula is C11H21IN4O. The normalized spacial score (nSPS) is 18.7. The van der Waals surface area contributed by atoms with Crippen LogP contribution in [0.15, 0.2) is 4.99 Å². The Morgan fingerprint density at radius 2 is 2.12 bits per heavy atom. The van der Waals surface area contributed by atoms with Crippen molar-refractivity contribution in [2.75, 3.05) is 51.0 Å². The minimum absolute atomic E-state index is 0.0776. The Morgan fingerprint density at radius 3 is 2.65 bits per heavy atom. The van der Waals surface area contributed by atoms with E-state index in [-0.39, 0.29) is 5.78 Å². The Hall–Kier alpha value is -0.0500. The van der Waals surface area contributed by atoms with Crippen molar-refractivity contribution >= 4 is 34.1 Å². The van der Waals surface area contributed by atoms with E-state index in [2.05, 4.69) is 42.7 Å². The van der Waals surface area contributed by atoms with Gasteiger partial charge in [-0.1, -0.05) is 22.6 Å². The number of Topliss-reactive ketones (excluding diaryl/α,β-unsaturated/α-hetero) is 1. The topological polar surface area (TPSA) is 47.9 Å². The van der Waals surface area contributed by atoms with E-state index in [1.165, 1.54) is 0 Å². The van der Waals surface area contributed by atoms with E-state index in [0.29, 0.717) is 16.8 Å². The fourth-order valence-corrected chi connectivity index (χ4v) is 2.26. The second-order valence-electron chi connectivity index (χ2n) is 4.30.